The summed E-state index contributed by atoms with van der Waals surface area (Å²) < 4.78 is 0. The van der Waals surface area contributed by atoms with Gasteiger partial charge in [-0.15, -0.1) is 5.69 Å². The molecule has 0 atom stereocenters. The van der Waals surface area contributed by atoms with E-state index in [9.17, 15) is 4.79 Å². The van der Waals surface area contributed by atoms with Gasteiger partial charge in [-0.3, -0.25) is 0 Å². The van der Waals surface area contributed by atoms with Crippen LogP contribution in [0.4, 0.5) is 5.69 Å². The summed E-state index contributed by atoms with van der Waals surface area (Å²) in [4.78, 5) is 10.3. The predicted octanol–water partition coefficient (Wildman–Crippen LogP) is 2.52. The van der Waals surface area contributed by atoms with Crippen LogP contribution in [0.5, 0.6) is 0 Å². The molecule has 0 aliphatic carbocycles. The van der Waals surface area contributed by atoms with E-state index in [-0.39, 0.29) is 39.7 Å². The van der Waals surface area contributed by atoms with E-state index in [0.29, 0.717) is 0 Å². The number of rotatable bonds is 1. The quantitative estimate of drug-likeness (QED) is 0.503. The Labute approximate surface area is 85.9 Å². The van der Waals surface area contributed by atoms with E-state index in [1.807, 2.05) is 0 Å². The Morgan fingerprint density at radius 2 is 1.92 bits per heavy atom. The first-order chi connectivity index (χ1) is 4.70. The molecule has 13 heavy (non-hydrogen) atoms. The van der Waals surface area contributed by atoms with Crippen molar-refractivity contribution in [3.63, 3.8) is 0 Å². The molecule has 0 amide bonds. The van der Waals surface area contributed by atoms with Gasteiger partial charge in [-0.2, -0.15) is 0 Å². The maximum atomic E-state index is 10.3. The molecule has 0 aliphatic heterocycles. The molecule has 1 aromatic carbocycles. The third kappa shape index (κ3) is 4.59. The van der Waals surface area contributed by atoms with Crippen LogP contribution in [0.3, 0.4) is 0 Å². The van der Waals surface area contributed by atoms with Crippen molar-refractivity contribution in [3.05, 3.63) is 43.0 Å². The summed E-state index contributed by atoms with van der Waals surface area (Å²) in [7, 11) is 0. The Hall–Kier alpha value is -1.82. The summed E-state index contributed by atoms with van der Waals surface area (Å²) in [6.07, 6.45) is 0. The van der Waals surface area contributed by atoms with Crippen molar-refractivity contribution in [1.29, 1.82) is 0 Å². The third-order valence-electron chi connectivity index (χ3n) is 1.11. The molecule has 0 aliphatic rings. The molecule has 0 bridgehead atoms. The fraction of sp³-hybridized carbons (Fsp3) is 0. The molecule has 1 rings (SSSR count). The number of carboxylic acids is 1. The second-order valence-electron chi connectivity index (χ2n) is 1.89. The molecule has 0 saturated heterocycles. The zero-order valence-corrected chi connectivity index (χ0v) is 16.6. The van der Waals surface area contributed by atoms with Crippen molar-refractivity contribution in [2.45, 2.75) is 0 Å². The second-order valence-corrected chi connectivity index (χ2v) is 1.89. The van der Waals surface area contributed by atoms with Gasteiger partial charge in [0, 0.05) is 0 Å². The van der Waals surface area contributed by atoms with Crippen LogP contribution < -0.4 is 0 Å². The molecule has 0 saturated carbocycles. The zero-order valence-electron chi connectivity index (χ0n) is 7.28. The van der Waals surface area contributed by atoms with Gasteiger partial charge in [-0.05, 0) is 6.07 Å². The van der Waals surface area contributed by atoms with Crippen LogP contribution in [0.2, 0.25) is 0 Å². The first-order valence-electron chi connectivity index (χ1n) is 2.75. The Morgan fingerprint density at radius 1 is 1.38 bits per heavy atom. The Balaban J connectivity index is -0.000000333. The molecule has 0 radical (unpaired) electrons. The average Bonchev–Trinajstić information content (AvgIpc) is 1.88. The molecule has 0 unspecified atom stereocenters. The van der Waals surface area contributed by atoms with Gasteiger partial charge >= 0.3 is 27.0 Å². The van der Waals surface area contributed by atoms with E-state index in [4.69, 9.17) is 10.8 Å². The minimum absolute atomic E-state index is 0. The maximum absolute atomic E-state index is 10.3. The molecule has 66 valence electrons. The molecule has 0 fully saturated rings. The Kier molecular flexibility index (Phi) is 9.14. The maximum Gasteiger partial charge on any atom is 2.00 e. The minimum Gasteiger partial charge on any atom is -0.699 e. The molecule has 0 heterocycles. The van der Waals surface area contributed by atoms with Crippen LogP contribution in [0, 0.1) is 7.43 Å². The fourth-order valence-electron chi connectivity index (χ4n) is 0.652. The summed E-state index contributed by atoms with van der Waals surface area (Å²) in [5.74, 6) is -0.992. The van der Waals surface area contributed by atoms with Crippen LogP contribution in [-0.4, -0.2) is 11.1 Å². The molecule has 1 aromatic rings. The number of hydrogen-bond donors (Lipinski definition) is 1. The number of carbonyl (C=O) groups is 1. The third-order valence-corrected chi connectivity index (χ3v) is 1.11. The molecular weight excluding hydrogens is 593 g/mol. The van der Waals surface area contributed by atoms with Crippen molar-refractivity contribution in [2.24, 2.45) is 0 Å². The van der Waals surface area contributed by atoms with E-state index in [0.717, 1.165) is 0 Å². The van der Waals surface area contributed by atoms with Gasteiger partial charge in [0.15, 0.2) is 0 Å². The molecule has 0 aromatic heterocycles. The summed E-state index contributed by atoms with van der Waals surface area (Å²) >= 11 is 0. The largest absolute Gasteiger partial charge is 2.00 e. The summed E-state index contributed by atoms with van der Waals surface area (Å²) in [5, 5.41) is 8.43. The smallest absolute Gasteiger partial charge is 0.699 e. The van der Waals surface area contributed by atoms with Crippen molar-refractivity contribution in [3.8, 4) is 0 Å². The fourth-order valence-corrected chi connectivity index (χ4v) is 0.652. The monoisotopic (exact) mass is 602 g/mol. The topological polar surface area (TPSA) is 61.1 Å². The number of hydrogen-bond acceptors (Lipinski definition) is 1. The van der Waals surface area contributed by atoms with Gasteiger partial charge < -0.3 is 18.3 Å². The van der Waals surface area contributed by atoms with Gasteiger partial charge in [0.25, 0.3) is 0 Å². The van der Waals surface area contributed by atoms with E-state index < -0.39 is 5.97 Å². The standard InChI is InChI=1S/C7H6NO2.CH3.Rf.W/c8-6-3-1-2-5(4-6)7(9)10;;;/h1-4,8H,(H,9,10);1H3;;/q2*-1;;+2. The first-order valence-corrected chi connectivity index (χ1v) is 2.75. The van der Waals surface area contributed by atoms with Gasteiger partial charge in [-0.1, -0.05) is 18.2 Å². The van der Waals surface area contributed by atoms with E-state index in [1.54, 1.807) is 6.07 Å². The van der Waals surface area contributed by atoms with E-state index in [2.05, 4.69) is 0 Å². The molecular formula is C8H9NO2RfW. The normalized spacial score (nSPS) is 7.08. The number of carboxylic acid groups (broad SMARTS) is 1. The van der Waals surface area contributed by atoms with Crippen LogP contribution in [-0.2, 0) is 21.1 Å². The zero-order chi connectivity index (χ0) is 7.56. The SMILES string of the molecule is [CH3-].[NH-]c1cccc(C(=O)O)c1.[Rf].[W+2]. The van der Waals surface area contributed by atoms with Gasteiger partial charge in [0.1, 0.15) is 0 Å². The first kappa shape index (κ1) is 17.3. The van der Waals surface area contributed by atoms with Crippen molar-refractivity contribution < 1.29 is 31.0 Å². The minimum atomic E-state index is -0.992. The Morgan fingerprint density at radius 3 is 2.23 bits per heavy atom. The predicted molar refractivity (Wildman–Crippen MR) is 43.8 cm³/mol. The molecule has 5 heteroatoms. The van der Waals surface area contributed by atoms with Crippen LogP contribution >= 0.6 is 0 Å². The summed E-state index contributed by atoms with van der Waals surface area (Å²) in [5.41, 5.74) is 7.45. The van der Waals surface area contributed by atoms with E-state index in [1.165, 1.54) is 18.2 Å². The van der Waals surface area contributed by atoms with Crippen molar-refractivity contribution in [1.82, 2.24) is 0 Å². The van der Waals surface area contributed by atoms with Crippen LogP contribution in [0.25, 0.3) is 5.73 Å². The molecule has 2 N–H and O–H groups in total. The average molecular weight is 602 g/mol. The number of nitrogens with one attached hydrogen (secondary N) is 1. The van der Waals surface area contributed by atoms with Crippen molar-refractivity contribution in [2.75, 3.05) is 0 Å². The van der Waals surface area contributed by atoms with Crippen LogP contribution in [0.1, 0.15) is 10.4 Å². The van der Waals surface area contributed by atoms with Crippen LogP contribution in [0.15, 0.2) is 24.3 Å². The van der Waals surface area contributed by atoms with E-state index >= 15 is 0 Å². The Bertz CT molecular complexity index is 268. The van der Waals surface area contributed by atoms with Gasteiger partial charge in [-0.25, -0.2) is 4.79 Å². The summed E-state index contributed by atoms with van der Waals surface area (Å²) in [6, 6.07) is 5.85. The summed E-state index contributed by atoms with van der Waals surface area (Å²) in [6.45, 7) is 0. The number of aromatic carboxylic acids is 1. The molecule has 3 nitrogen and oxygen atoms in total. The second kappa shape index (κ2) is 6.86. The van der Waals surface area contributed by atoms with Gasteiger partial charge in [0.05, 0.1) is 5.56 Å². The van der Waals surface area contributed by atoms with Gasteiger partial charge in [0.2, 0.25) is 0 Å². The number of benzene rings is 1. The van der Waals surface area contributed by atoms with Crippen molar-refractivity contribution >= 4 is 11.7 Å². The molecule has 0 spiro atoms.